The molecule has 2 N–H and O–H groups in total. The van der Waals surface area contributed by atoms with Gasteiger partial charge in [-0.1, -0.05) is 49.6 Å². The van der Waals surface area contributed by atoms with Crippen LogP contribution in [0.1, 0.15) is 49.3 Å². The minimum atomic E-state index is -3.69. The fourth-order valence-corrected chi connectivity index (χ4v) is 6.59. The zero-order valence-corrected chi connectivity index (χ0v) is 25.6. The second kappa shape index (κ2) is 13.0. The topological polar surface area (TPSA) is 112 Å². The number of hydrogen-bond acceptors (Lipinski definition) is 5. The Kier molecular flexibility index (Phi) is 9.17. The number of rotatable bonds is 10. The number of anilines is 1. The number of aromatic nitrogens is 1. The van der Waals surface area contributed by atoms with Gasteiger partial charge in [-0.3, -0.25) is 14.5 Å². The van der Waals surface area contributed by atoms with E-state index >= 15 is 0 Å². The molecule has 10 heteroatoms. The van der Waals surface area contributed by atoms with Gasteiger partial charge in [-0.2, -0.15) is 0 Å². The van der Waals surface area contributed by atoms with Crippen LogP contribution in [-0.4, -0.2) is 56.8 Å². The molecular formula is C33H38N4O5S. The van der Waals surface area contributed by atoms with E-state index in [0.29, 0.717) is 17.0 Å². The van der Waals surface area contributed by atoms with Crippen molar-refractivity contribution in [1.29, 1.82) is 0 Å². The number of sulfonamides is 1. The van der Waals surface area contributed by atoms with E-state index in [0.717, 1.165) is 52.9 Å². The van der Waals surface area contributed by atoms with E-state index in [9.17, 15) is 18.0 Å². The van der Waals surface area contributed by atoms with E-state index < -0.39 is 16.1 Å². The molecule has 1 heterocycles. The summed E-state index contributed by atoms with van der Waals surface area (Å²) in [6.07, 6.45) is 6.87. The molecule has 0 spiro atoms. The first-order chi connectivity index (χ1) is 20.7. The van der Waals surface area contributed by atoms with Crippen LogP contribution < -0.4 is 15.0 Å². The van der Waals surface area contributed by atoms with Gasteiger partial charge in [0.1, 0.15) is 11.8 Å². The Morgan fingerprint density at radius 3 is 2.28 bits per heavy atom. The summed E-state index contributed by atoms with van der Waals surface area (Å²) in [5, 5.41) is 4.14. The van der Waals surface area contributed by atoms with Crippen molar-refractivity contribution in [2.75, 3.05) is 26.1 Å². The molecule has 3 aromatic carbocycles. The third-order valence-electron chi connectivity index (χ3n) is 8.07. The quantitative estimate of drug-likeness (QED) is 0.259. The van der Waals surface area contributed by atoms with E-state index in [1.165, 1.54) is 31.1 Å². The van der Waals surface area contributed by atoms with E-state index in [1.54, 1.807) is 43.5 Å². The molecule has 43 heavy (non-hydrogen) atoms. The Balaban J connectivity index is 1.59. The second-order valence-corrected chi connectivity index (χ2v) is 13.3. The number of aromatic amines is 1. The number of methoxy groups -OCH3 is 1. The van der Waals surface area contributed by atoms with Crippen LogP contribution in [0.3, 0.4) is 0 Å². The smallest absolute Gasteiger partial charge is 0.248 e. The van der Waals surface area contributed by atoms with Crippen molar-refractivity contribution in [3.63, 3.8) is 0 Å². The van der Waals surface area contributed by atoms with Gasteiger partial charge >= 0.3 is 0 Å². The number of hydrogen-bond donors (Lipinski definition) is 2. The molecule has 0 unspecified atom stereocenters. The molecule has 0 radical (unpaired) electrons. The first-order valence-corrected chi connectivity index (χ1v) is 16.0. The van der Waals surface area contributed by atoms with Crippen LogP contribution in [0.4, 0.5) is 5.69 Å². The number of carbonyl (C=O) groups excluding carboxylic acids is 2. The van der Waals surface area contributed by atoms with Crippen LogP contribution in [-0.2, 0) is 26.0 Å². The van der Waals surface area contributed by atoms with Crippen LogP contribution >= 0.6 is 0 Å². The van der Waals surface area contributed by atoms with E-state index in [2.05, 4.69) is 10.3 Å². The number of nitrogens with zero attached hydrogens (tertiary/aromatic N) is 2. The fraction of sp³-hybridized carbons (Fsp3) is 0.333. The van der Waals surface area contributed by atoms with Gasteiger partial charge in [0.2, 0.25) is 21.8 Å². The third kappa shape index (κ3) is 6.60. The SMILES string of the molecule is COc1ccc([C@@H](C(=O)NC2CCCCC2)N(C(=O)Cc2c[nH]c3ccccc23)c2ccc(S(=O)(=O)N(C)C)cc2)cc1. The lowest BCUT2D eigenvalue weighted by Crippen LogP contribution is -2.47. The summed E-state index contributed by atoms with van der Waals surface area (Å²) >= 11 is 0. The second-order valence-electron chi connectivity index (χ2n) is 11.1. The molecule has 0 saturated heterocycles. The summed E-state index contributed by atoms with van der Waals surface area (Å²) in [6, 6.07) is 20.0. The highest BCUT2D eigenvalue weighted by atomic mass is 32.2. The van der Waals surface area contributed by atoms with Gasteiger partial charge in [-0.25, -0.2) is 12.7 Å². The summed E-state index contributed by atoms with van der Waals surface area (Å²) in [7, 11) is 0.820. The van der Waals surface area contributed by atoms with Crippen molar-refractivity contribution in [1.82, 2.24) is 14.6 Å². The minimum Gasteiger partial charge on any atom is -0.497 e. The predicted octanol–water partition coefficient (Wildman–Crippen LogP) is 5.19. The number of H-pyrrole nitrogens is 1. The molecular weight excluding hydrogens is 564 g/mol. The van der Waals surface area contributed by atoms with Gasteiger partial charge in [0.05, 0.1) is 18.4 Å². The third-order valence-corrected chi connectivity index (χ3v) is 9.90. The average molecular weight is 603 g/mol. The molecule has 5 rings (SSSR count). The molecule has 0 bridgehead atoms. The summed E-state index contributed by atoms with van der Waals surface area (Å²) in [6.45, 7) is 0. The molecule has 226 valence electrons. The summed E-state index contributed by atoms with van der Waals surface area (Å²) in [5.41, 5.74) is 2.75. The van der Waals surface area contributed by atoms with Gasteiger partial charge in [0.25, 0.3) is 0 Å². The van der Waals surface area contributed by atoms with Crippen molar-refractivity contribution in [3.8, 4) is 5.75 Å². The number of fused-ring (bicyclic) bond motifs is 1. The molecule has 1 atom stereocenters. The van der Waals surface area contributed by atoms with Gasteiger partial charge in [-0.15, -0.1) is 0 Å². The van der Waals surface area contributed by atoms with Crippen LogP contribution in [0.5, 0.6) is 5.75 Å². The Labute approximate surface area is 252 Å². The largest absolute Gasteiger partial charge is 0.497 e. The standard InChI is InChI=1S/C33H38N4O5S/c1-36(2)43(40,41)28-19-15-26(16-20-28)37(31(38)21-24-22-34-30-12-8-7-11-29(24)30)32(23-13-17-27(42-3)18-14-23)33(39)35-25-9-5-4-6-10-25/h7-8,11-20,22,25,32,34H,4-6,9-10,21H2,1-3H3,(H,35,39)/t32-/m0/s1. The fourth-order valence-electron chi connectivity index (χ4n) is 5.68. The normalized spacial score (nSPS) is 14.9. The predicted molar refractivity (Wildman–Crippen MR) is 168 cm³/mol. The summed E-state index contributed by atoms with van der Waals surface area (Å²) in [4.78, 5) is 33.3. The number of carbonyl (C=O) groups is 2. The van der Waals surface area contributed by atoms with Crippen LogP contribution in [0, 0.1) is 0 Å². The van der Waals surface area contributed by atoms with E-state index in [4.69, 9.17) is 4.74 Å². The van der Waals surface area contributed by atoms with Crippen LogP contribution in [0.15, 0.2) is 83.9 Å². The molecule has 1 aliphatic carbocycles. The van der Waals surface area contributed by atoms with Crippen LogP contribution in [0.25, 0.3) is 10.9 Å². The lowest BCUT2D eigenvalue weighted by molar-refractivity contribution is -0.127. The molecule has 4 aromatic rings. The lowest BCUT2D eigenvalue weighted by Gasteiger charge is -2.33. The highest BCUT2D eigenvalue weighted by molar-refractivity contribution is 7.89. The lowest BCUT2D eigenvalue weighted by atomic mass is 9.94. The maximum atomic E-state index is 14.4. The van der Waals surface area contributed by atoms with Gasteiger partial charge in [-0.05, 0) is 66.4 Å². The Hall–Kier alpha value is -4.15. The maximum absolute atomic E-state index is 14.4. The Bertz CT molecular complexity index is 1670. The van der Waals surface area contributed by atoms with Gasteiger partial charge < -0.3 is 15.0 Å². The number of benzene rings is 3. The monoisotopic (exact) mass is 602 g/mol. The Morgan fingerprint density at radius 2 is 1.63 bits per heavy atom. The van der Waals surface area contributed by atoms with E-state index in [-0.39, 0.29) is 29.2 Å². The molecule has 0 aliphatic heterocycles. The molecule has 1 saturated carbocycles. The summed E-state index contributed by atoms with van der Waals surface area (Å²) in [5.74, 6) is 0.0482. The summed E-state index contributed by atoms with van der Waals surface area (Å²) < 4.78 is 32.1. The molecule has 9 nitrogen and oxygen atoms in total. The maximum Gasteiger partial charge on any atom is 0.248 e. The zero-order chi connectivity index (χ0) is 30.6. The molecule has 1 fully saturated rings. The van der Waals surface area contributed by atoms with Crippen molar-refractivity contribution in [2.24, 2.45) is 0 Å². The highest BCUT2D eigenvalue weighted by Crippen LogP contribution is 2.32. The van der Waals surface area contributed by atoms with Gasteiger partial charge in [0, 0.05) is 42.9 Å². The molecule has 1 aliphatic rings. The number of para-hydroxylation sites is 1. The molecule has 2 amide bonds. The first-order valence-electron chi connectivity index (χ1n) is 14.5. The number of ether oxygens (including phenoxy) is 1. The van der Waals surface area contributed by atoms with Crippen molar-refractivity contribution < 1.29 is 22.7 Å². The number of nitrogens with one attached hydrogen (secondary N) is 2. The van der Waals surface area contributed by atoms with Crippen molar-refractivity contribution >= 4 is 38.4 Å². The van der Waals surface area contributed by atoms with E-state index in [1.807, 2.05) is 30.5 Å². The Morgan fingerprint density at radius 1 is 0.953 bits per heavy atom. The zero-order valence-electron chi connectivity index (χ0n) is 24.7. The molecule has 1 aromatic heterocycles. The van der Waals surface area contributed by atoms with Crippen LogP contribution in [0.2, 0.25) is 0 Å². The highest BCUT2D eigenvalue weighted by Gasteiger charge is 2.34. The average Bonchev–Trinajstić information content (AvgIpc) is 3.42. The van der Waals surface area contributed by atoms with Gasteiger partial charge in [0.15, 0.2) is 0 Å². The van der Waals surface area contributed by atoms with Crippen molar-refractivity contribution in [3.05, 3.63) is 90.1 Å². The minimum absolute atomic E-state index is 0.0279. The number of amides is 2. The van der Waals surface area contributed by atoms with Crippen molar-refractivity contribution in [2.45, 2.75) is 55.5 Å². The first kappa shape index (κ1) is 30.3.